The summed E-state index contributed by atoms with van der Waals surface area (Å²) in [5.74, 6) is 0. The van der Waals surface area contributed by atoms with E-state index in [0.717, 1.165) is 37.0 Å². The van der Waals surface area contributed by atoms with E-state index < -0.39 is 0 Å². The lowest BCUT2D eigenvalue weighted by Gasteiger charge is -2.23. The second-order valence-electron chi connectivity index (χ2n) is 4.30. The van der Waals surface area contributed by atoms with E-state index in [4.69, 9.17) is 0 Å². The number of aromatic nitrogens is 2. The molecule has 1 aromatic carbocycles. The fourth-order valence-corrected chi connectivity index (χ4v) is 2.50. The van der Waals surface area contributed by atoms with Gasteiger partial charge in [-0.1, -0.05) is 12.1 Å². The number of piperidine rings is 1. The Balaban J connectivity index is 0.000000810. The van der Waals surface area contributed by atoms with E-state index in [-0.39, 0.29) is 8.54 Å². The van der Waals surface area contributed by atoms with Crippen molar-refractivity contribution in [3.63, 3.8) is 0 Å². The maximum absolute atomic E-state index is 11.9. The second kappa shape index (κ2) is 3.79. The van der Waals surface area contributed by atoms with Crippen LogP contribution >= 0.6 is 0 Å². The molecule has 3 rings (SSSR count). The molecule has 0 saturated carbocycles. The Labute approximate surface area is 96.3 Å². The molecule has 0 spiro atoms. The van der Waals surface area contributed by atoms with Crippen molar-refractivity contribution in [3.8, 4) is 0 Å². The maximum atomic E-state index is 11.9. The first kappa shape index (κ1) is 9.66. The number of imidazole rings is 1. The highest BCUT2D eigenvalue weighted by Gasteiger charge is 2.18. The summed E-state index contributed by atoms with van der Waals surface area (Å²) >= 11 is 0. The number of aromatic amines is 1. The highest BCUT2D eigenvalue weighted by atomic mass is 16.1. The summed E-state index contributed by atoms with van der Waals surface area (Å²) in [7, 11) is 0. The summed E-state index contributed by atoms with van der Waals surface area (Å²) in [5.41, 5.74) is 1.98. The van der Waals surface area contributed by atoms with Crippen LogP contribution in [0.15, 0.2) is 29.1 Å². The standard InChI is InChI=1S/C12H15N3O.2H2/c16-12-14-10-3-1-2-4-11(10)15(12)9-5-7-13-8-6-9;;/h1-4,9,13H,5-8H2,(H,14,16);2*1H. The molecule has 0 radical (unpaired) electrons. The van der Waals surface area contributed by atoms with Crippen LogP contribution in [0.4, 0.5) is 0 Å². The van der Waals surface area contributed by atoms with Gasteiger partial charge in [0, 0.05) is 8.90 Å². The molecule has 1 saturated heterocycles. The summed E-state index contributed by atoms with van der Waals surface area (Å²) in [6.45, 7) is 1.99. The quantitative estimate of drug-likeness (QED) is 0.770. The zero-order valence-corrected chi connectivity index (χ0v) is 9.07. The van der Waals surface area contributed by atoms with E-state index in [1.807, 2.05) is 28.8 Å². The lowest BCUT2D eigenvalue weighted by Crippen LogP contribution is -2.33. The van der Waals surface area contributed by atoms with Crippen LogP contribution in [0, 0.1) is 0 Å². The van der Waals surface area contributed by atoms with Crippen molar-refractivity contribution in [3.05, 3.63) is 34.7 Å². The normalized spacial score (nSPS) is 18.0. The van der Waals surface area contributed by atoms with Gasteiger partial charge in [-0.15, -0.1) is 0 Å². The predicted octanol–water partition coefficient (Wildman–Crippen LogP) is 1.75. The van der Waals surface area contributed by atoms with Crippen molar-refractivity contribution >= 4 is 11.0 Å². The summed E-state index contributed by atoms with van der Waals surface area (Å²) in [6, 6.07) is 8.23. The smallest absolute Gasteiger partial charge is 0.317 e. The van der Waals surface area contributed by atoms with E-state index in [9.17, 15) is 4.79 Å². The monoisotopic (exact) mass is 221 g/mol. The minimum atomic E-state index is 0. The lowest BCUT2D eigenvalue weighted by atomic mass is 10.1. The third-order valence-corrected chi connectivity index (χ3v) is 3.30. The molecule has 0 aliphatic carbocycles. The van der Waals surface area contributed by atoms with Crippen LogP contribution in [-0.4, -0.2) is 22.6 Å². The summed E-state index contributed by atoms with van der Waals surface area (Å²) in [5, 5.41) is 3.32. The van der Waals surface area contributed by atoms with Gasteiger partial charge in [-0.3, -0.25) is 4.57 Å². The van der Waals surface area contributed by atoms with E-state index in [1.54, 1.807) is 0 Å². The molecular weight excluding hydrogens is 202 g/mol. The van der Waals surface area contributed by atoms with Gasteiger partial charge in [0.15, 0.2) is 0 Å². The first-order valence-corrected chi connectivity index (χ1v) is 5.76. The van der Waals surface area contributed by atoms with Gasteiger partial charge in [-0.25, -0.2) is 4.79 Å². The molecule has 4 heteroatoms. The summed E-state index contributed by atoms with van der Waals surface area (Å²) in [6.07, 6.45) is 2.06. The SMILES string of the molecule is O=c1[nH]c2ccccc2n1C1CCNCC1.[HH].[HH]. The third-order valence-electron chi connectivity index (χ3n) is 3.30. The number of hydrogen-bond donors (Lipinski definition) is 2. The molecule has 1 fully saturated rings. The number of fused-ring (bicyclic) bond motifs is 1. The van der Waals surface area contributed by atoms with Crippen molar-refractivity contribution in [1.29, 1.82) is 0 Å². The van der Waals surface area contributed by atoms with Gasteiger partial charge >= 0.3 is 5.69 Å². The number of rotatable bonds is 1. The highest BCUT2D eigenvalue weighted by Crippen LogP contribution is 2.21. The van der Waals surface area contributed by atoms with E-state index >= 15 is 0 Å². The number of H-pyrrole nitrogens is 1. The average Bonchev–Trinajstić information content (AvgIpc) is 2.66. The fraction of sp³-hybridized carbons (Fsp3) is 0.417. The Morgan fingerprint density at radius 2 is 2.00 bits per heavy atom. The number of benzene rings is 1. The molecule has 88 valence electrons. The topological polar surface area (TPSA) is 49.8 Å². The highest BCUT2D eigenvalue weighted by molar-refractivity contribution is 5.75. The minimum Gasteiger partial charge on any atom is -0.317 e. The Hall–Kier alpha value is -1.55. The Kier molecular flexibility index (Phi) is 2.29. The molecular formula is C12H19N3O. The molecule has 4 nitrogen and oxygen atoms in total. The van der Waals surface area contributed by atoms with Crippen LogP contribution in [0.1, 0.15) is 21.7 Å². The predicted molar refractivity (Wildman–Crippen MR) is 67.9 cm³/mol. The van der Waals surface area contributed by atoms with Crippen LogP contribution in [0.25, 0.3) is 11.0 Å². The molecule has 1 aliphatic heterocycles. The molecule has 16 heavy (non-hydrogen) atoms. The molecule has 1 aliphatic rings. The van der Waals surface area contributed by atoms with E-state index in [1.165, 1.54) is 0 Å². The largest absolute Gasteiger partial charge is 0.326 e. The van der Waals surface area contributed by atoms with Crippen LogP contribution in [0.2, 0.25) is 0 Å². The first-order valence-electron chi connectivity index (χ1n) is 5.76. The second-order valence-corrected chi connectivity index (χ2v) is 4.30. The van der Waals surface area contributed by atoms with Crippen LogP contribution in [0.5, 0.6) is 0 Å². The zero-order chi connectivity index (χ0) is 11.0. The number of para-hydroxylation sites is 2. The van der Waals surface area contributed by atoms with E-state index in [0.29, 0.717) is 6.04 Å². The Bertz CT molecular complexity index is 558. The molecule has 0 unspecified atom stereocenters. The van der Waals surface area contributed by atoms with Gasteiger partial charge in [0.05, 0.1) is 11.0 Å². The number of nitrogens with zero attached hydrogens (tertiary/aromatic N) is 1. The number of hydrogen-bond acceptors (Lipinski definition) is 2. The summed E-state index contributed by atoms with van der Waals surface area (Å²) < 4.78 is 1.91. The Morgan fingerprint density at radius 1 is 1.25 bits per heavy atom. The van der Waals surface area contributed by atoms with Crippen LogP contribution in [0.3, 0.4) is 0 Å². The van der Waals surface area contributed by atoms with Crippen molar-refractivity contribution in [1.82, 2.24) is 14.9 Å². The zero-order valence-electron chi connectivity index (χ0n) is 9.07. The molecule has 2 heterocycles. The van der Waals surface area contributed by atoms with Gasteiger partial charge in [-0.05, 0) is 38.1 Å². The van der Waals surface area contributed by atoms with Crippen LogP contribution in [-0.2, 0) is 0 Å². The van der Waals surface area contributed by atoms with Gasteiger partial charge in [0.2, 0.25) is 0 Å². The first-order chi connectivity index (χ1) is 7.86. The average molecular weight is 221 g/mol. The molecule has 0 bridgehead atoms. The third kappa shape index (κ3) is 1.46. The van der Waals surface area contributed by atoms with Crippen molar-refractivity contribution in [2.45, 2.75) is 18.9 Å². The van der Waals surface area contributed by atoms with Gasteiger partial charge in [-0.2, -0.15) is 0 Å². The molecule has 2 aromatic rings. The van der Waals surface area contributed by atoms with Crippen LogP contribution < -0.4 is 11.0 Å². The van der Waals surface area contributed by atoms with Gasteiger partial charge < -0.3 is 10.3 Å². The van der Waals surface area contributed by atoms with Gasteiger partial charge in [0.25, 0.3) is 0 Å². The van der Waals surface area contributed by atoms with Crippen molar-refractivity contribution < 1.29 is 2.85 Å². The molecule has 0 atom stereocenters. The van der Waals surface area contributed by atoms with E-state index in [2.05, 4.69) is 10.3 Å². The van der Waals surface area contributed by atoms with Crippen molar-refractivity contribution in [2.24, 2.45) is 0 Å². The van der Waals surface area contributed by atoms with Crippen molar-refractivity contribution in [2.75, 3.05) is 13.1 Å². The number of nitrogens with one attached hydrogen (secondary N) is 2. The maximum Gasteiger partial charge on any atom is 0.326 e. The molecule has 0 amide bonds. The fourth-order valence-electron chi connectivity index (χ4n) is 2.50. The lowest BCUT2D eigenvalue weighted by molar-refractivity contribution is 0.368. The minimum absolute atomic E-state index is 0. The van der Waals surface area contributed by atoms with Gasteiger partial charge in [0.1, 0.15) is 0 Å². The molecule has 2 N–H and O–H groups in total. The molecule has 1 aromatic heterocycles. The Morgan fingerprint density at radius 3 is 2.81 bits per heavy atom. The summed E-state index contributed by atoms with van der Waals surface area (Å²) in [4.78, 5) is 14.8.